The molecule has 5 nitrogen and oxygen atoms in total. The van der Waals surface area contributed by atoms with Crippen molar-refractivity contribution in [1.82, 2.24) is 4.31 Å². The smallest absolute Gasteiger partial charge is 0.367 e. The maximum atomic E-state index is 13.7. The zero-order valence-electron chi connectivity index (χ0n) is 13.5. The molecule has 19 heteroatoms. The first-order chi connectivity index (χ1) is 12.4. The van der Waals surface area contributed by atoms with Crippen molar-refractivity contribution < 1.29 is 75.7 Å². The number of rotatable bonds is 9. The minimum atomic E-state index is -8.27. The Hall–Kier alpha value is -1.08. The van der Waals surface area contributed by atoms with E-state index in [0.29, 0.717) is 6.92 Å². The standard InChI is InChI=1S/C10H10F13NO4S/c1-2-24(3-4(25)26)29(27,28)10(22,23)8(17,18)6(13,14)5(11,12)7(15,16)9(19,20)21/h4,25-26H,2-3H2,1H3. The highest BCUT2D eigenvalue weighted by Gasteiger charge is 2.92. The van der Waals surface area contributed by atoms with Crippen molar-refractivity contribution in [1.29, 1.82) is 0 Å². The first kappa shape index (κ1) is 27.9. The molecule has 0 saturated heterocycles. The quantitative estimate of drug-likeness (QED) is 0.388. The summed E-state index contributed by atoms with van der Waals surface area (Å²) in [6.45, 7) is -2.74. The molecule has 0 atom stereocenters. The van der Waals surface area contributed by atoms with Gasteiger partial charge >= 0.3 is 35.1 Å². The molecule has 0 fully saturated rings. The van der Waals surface area contributed by atoms with Crippen LogP contribution < -0.4 is 0 Å². The second-order valence-electron chi connectivity index (χ2n) is 5.25. The molecule has 0 bridgehead atoms. The highest BCUT2D eigenvalue weighted by Crippen LogP contribution is 2.61. The van der Waals surface area contributed by atoms with Crippen molar-refractivity contribution in [2.24, 2.45) is 0 Å². The normalized spacial score (nSPS) is 16.1. The number of hydrogen-bond acceptors (Lipinski definition) is 4. The van der Waals surface area contributed by atoms with Gasteiger partial charge < -0.3 is 10.2 Å². The predicted molar refractivity (Wildman–Crippen MR) is 65.2 cm³/mol. The molecule has 176 valence electrons. The molecule has 0 aromatic carbocycles. The Bertz CT molecular complexity index is 688. The van der Waals surface area contributed by atoms with Crippen LogP contribution in [-0.2, 0) is 10.0 Å². The van der Waals surface area contributed by atoms with Gasteiger partial charge in [0.05, 0.1) is 6.54 Å². The molecule has 0 aromatic rings. The highest BCUT2D eigenvalue weighted by molar-refractivity contribution is 7.90. The van der Waals surface area contributed by atoms with E-state index in [2.05, 4.69) is 0 Å². The predicted octanol–water partition coefficient (Wildman–Crippen LogP) is 2.65. The lowest BCUT2D eigenvalue weighted by molar-refractivity contribution is -0.433. The van der Waals surface area contributed by atoms with Gasteiger partial charge in [-0.15, -0.1) is 0 Å². The molecular weight excluding hydrogens is 477 g/mol. The molecule has 0 aromatic heterocycles. The van der Waals surface area contributed by atoms with Crippen LogP contribution in [0.5, 0.6) is 0 Å². The van der Waals surface area contributed by atoms with E-state index in [9.17, 15) is 65.5 Å². The molecule has 0 saturated carbocycles. The first-order valence-corrected chi connectivity index (χ1v) is 8.13. The zero-order chi connectivity index (χ0) is 24.1. The molecule has 0 spiro atoms. The molecule has 0 aliphatic rings. The SMILES string of the molecule is CCN(CC(O)O)S(=O)(=O)C(F)(F)C(F)(F)C(F)(F)C(F)(F)C(F)(F)C(F)(F)F. The molecule has 0 radical (unpaired) electrons. The zero-order valence-corrected chi connectivity index (χ0v) is 14.3. The number of likely N-dealkylation sites (N-methyl/N-ethyl adjacent to an activating group) is 1. The van der Waals surface area contributed by atoms with Crippen molar-refractivity contribution in [2.75, 3.05) is 13.1 Å². The molecule has 0 heterocycles. The maximum absolute atomic E-state index is 13.7. The monoisotopic (exact) mass is 487 g/mol. The van der Waals surface area contributed by atoms with Crippen molar-refractivity contribution in [3.05, 3.63) is 0 Å². The summed E-state index contributed by atoms with van der Waals surface area (Å²) in [6, 6.07) is 0. The Labute approximate surface area is 152 Å². The average Bonchev–Trinajstić information content (AvgIpc) is 2.49. The Morgan fingerprint density at radius 3 is 1.34 bits per heavy atom. The first-order valence-electron chi connectivity index (χ1n) is 6.69. The summed E-state index contributed by atoms with van der Waals surface area (Å²) >= 11 is 0. The number of alkyl halides is 13. The van der Waals surface area contributed by atoms with E-state index in [1.165, 1.54) is 0 Å². The number of hydrogen-bond donors (Lipinski definition) is 2. The average molecular weight is 487 g/mol. The van der Waals surface area contributed by atoms with Gasteiger partial charge in [-0.05, 0) is 0 Å². The summed E-state index contributed by atoms with van der Waals surface area (Å²) in [5, 5.41) is 9.59. The summed E-state index contributed by atoms with van der Waals surface area (Å²) in [7, 11) is -7.24. The van der Waals surface area contributed by atoms with E-state index in [1.54, 1.807) is 0 Å². The van der Waals surface area contributed by atoms with Crippen molar-refractivity contribution in [2.45, 2.75) is 48.3 Å². The van der Waals surface area contributed by atoms with Gasteiger partial charge in [0.2, 0.25) is 0 Å². The van der Waals surface area contributed by atoms with Crippen LogP contribution >= 0.6 is 0 Å². The van der Waals surface area contributed by atoms with Crippen LogP contribution in [0.25, 0.3) is 0 Å². The lowest BCUT2D eigenvalue weighted by Crippen LogP contribution is -2.72. The third-order valence-corrected chi connectivity index (χ3v) is 5.28. The van der Waals surface area contributed by atoms with E-state index in [1.807, 2.05) is 0 Å². The number of halogens is 13. The van der Waals surface area contributed by atoms with Crippen LogP contribution in [0.15, 0.2) is 0 Å². The van der Waals surface area contributed by atoms with Gasteiger partial charge in [-0.25, -0.2) is 8.42 Å². The number of aliphatic hydroxyl groups excluding tert-OH is 1. The molecule has 29 heavy (non-hydrogen) atoms. The number of aliphatic hydroxyl groups is 2. The van der Waals surface area contributed by atoms with Crippen molar-refractivity contribution >= 4 is 10.0 Å². The lowest BCUT2D eigenvalue weighted by Gasteiger charge is -2.40. The van der Waals surface area contributed by atoms with Crippen LogP contribution in [0.4, 0.5) is 57.1 Å². The van der Waals surface area contributed by atoms with Crippen LogP contribution in [0.2, 0.25) is 0 Å². The van der Waals surface area contributed by atoms with Crippen LogP contribution in [0.3, 0.4) is 0 Å². The van der Waals surface area contributed by atoms with Gasteiger partial charge in [0.25, 0.3) is 10.0 Å². The molecule has 2 N–H and O–H groups in total. The summed E-state index contributed by atoms with van der Waals surface area (Å²) < 4.78 is 190. The summed E-state index contributed by atoms with van der Waals surface area (Å²) in [5.41, 5.74) is 0. The Morgan fingerprint density at radius 1 is 0.724 bits per heavy atom. The largest absolute Gasteiger partial charge is 0.460 e. The van der Waals surface area contributed by atoms with E-state index in [4.69, 9.17) is 10.2 Å². The Morgan fingerprint density at radius 2 is 1.07 bits per heavy atom. The van der Waals surface area contributed by atoms with Crippen molar-refractivity contribution in [3.63, 3.8) is 0 Å². The van der Waals surface area contributed by atoms with Gasteiger partial charge in [-0.2, -0.15) is 61.4 Å². The number of nitrogens with zero attached hydrogens (tertiary/aromatic N) is 1. The topological polar surface area (TPSA) is 77.8 Å². The third-order valence-electron chi connectivity index (χ3n) is 3.29. The van der Waals surface area contributed by atoms with Gasteiger partial charge in [0.15, 0.2) is 6.29 Å². The van der Waals surface area contributed by atoms with E-state index in [0.717, 1.165) is 0 Å². The van der Waals surface area contributed by atoms with E-state index in [-0.39, 0.29) is 0 Å². The summed E-state index contributed by atoms with van der Waals surface area (Å²) in [5.74, 6) is -32.5. The fraction of sp³-hybridized carbons (Fsp3) is 1.00. The highest BCUT2D eigenvalue weighted by atomic mass is 32.2. The molecular formula is C10H10F13NO4S. The maximum Gasteiger partial charge on any atom is 0.460 e. The van der Waals surface area contributed by atoms with Gasteiger partial charge in [0.1, 0.15) is 0 Å². The second-order valence-corrected chi connectivity index (χ2v) is 7.23. The van der Waals surface area contributed by atoms with E-state index >= 15 is 0 Å². The molecule has 0 amide bonds. The lowest BCUT2D eigenvalue weighted by atomic mass is 9.98. The summed E-state index contributed by atoms with van der Waals surface area (Å²) in [4.78, 5) is 0. The van der Waals surface area contributed by atoms with Crippen LogP contribution in [-0.4, -0.2) is 77.4 Å². The Kier molecular flexibility index (Phi) is 7.28. The molecule has 0 aliphatic carbocycles. The molecule has 0 unspecified atom stereocenters. The molecule has 0 aliphatic heterocycles. The second kappa shape index (κ2) is 7.56. The minimum absolute atomic E-state index is 0.540. The van der Waals surface area contributed by atoms with E-state index < -0.39 is 68.8 Å². The van der Waals surface area contributed by atoms with Crippen LogP contribution in [0, 0.1) is 0 Å². The van der Waals surface area contributed by atoms with Gasteiger partial charge in [-0.1, -0.05) is 6.92 Å². The fourth-order valence-electron chi connectivity index (χ4n) is 1.66. The van der Waals surface area contributed by atoms with Crippen molar-refractivity contribution in [3.8, 4) is 0 Å². The number of sulfonamides is 1. The fourth-order valence-corrected chi connectivity index (χ4v) is 3.10. The molecule has 0 rings (SSSR count). The summed E-state index contributed by atoms with van der Waals surface area (Å²) in [6.07, 6.45) is -10.5. The van der Waals surface area contributed by atoms with Gasteiger partial charge in [0, 0.05) is 6.54 Å². The third kappa shape index (κ3) is 3.97. The van der Waals surface area contributed by atoms with Crippen LogP contribution in [0.1, 0.15) is 6.92 Å². The van der Waals surface area contributed by atoms with Gasteiger partial charge in [-0.3, -0.25) is 0 Å². The Balaban J connectivity index is 6.65. The minimum Gasteiger partial charge on any atom is -0.367 e.